The second-order valence-corrected chi connectivity index (χ2v) is 4.75. The Morgan fingerprint density at radius 3 is 2.79 bits per heavy atom. The molecule has 0 saturated carbocycles. The van der Waals surface area contributed by atoms with Crippen LogP contribution in [0.25, 0.3) is 0 Å². The van der Waals surface area contributed by atoms with Crippen molar-refractivity contribution in [2.45, 2.75) is 12.8 Å². The molecule has 1 aliphatic heterocycles. The second kappa shape index (κ2) is 5.40. The fraction of sp³-hybridized carbons (Fsp3) is 0.429. The third kappa shape index (κ3) is 2.46. The maximum absolute atomic E-state index is 12.3. The zero-order valence-electron chi connectivity index (χ0n) is 11.0. The van der Waals surface area contributed by atoms with Crippen LogP contribution >= 0.6 is 0 Å². The zero-order chi connectivity index (χ0) is 14.0. The van der Waals surface area contributed by atoms with E-state index in [-0.39, 0.29) is 18.4 Å². The molecular formula is C14H17NO4. The van der Waals surface area contributed by atoms with Crippen LogP contribution in [0.15, 0.2) is 24.3 Å². The van der Waals surface area contributed by atoms with Crippen molar-refractivity contribution in [3.8, 4) is 0 Å². The monoisotopic (exact) mass is 263 g/mol. The van der Waals surface area contributed by atoms with Gasteiger partial charge in [-0.05, 0) is 11.6 Å². The number of ether oxygens (including phenoxy) is 1. The van der Waals surface area contributed by atoms with E-state index in [0.29, 0.717) is 17.9 Å². The highest BCUT2D eigenvalue weighted by molar-refractivity contribution is 6.00. The lowest BCUT2D eigenvalue weighted by atomic mass is 10.0. The Balaban J connectivity index is 2.30. The van der Waals surface area contributed by atoms with Crippen molar-refractivity contribution in [2.75, 3.05) is 25.2 Å². The lowest BCUT2D eigenvalue weighted by Gasteiger charge is -2.21. The molecule has 1 aromatic rings. The minimum absolute atomic E-state index is 0.0990. The summed E-state index contributed by atoms with van der Waals surface area (Å²) in [6, 6.07) is 7.16. The van der Waals surface area contributed by atoms with Gasteiger partial charge in [0.05, 0.1) is 12.5 Å². The normalized spacial score (nSPS) is 19.1. The minimum atomic E-state index is -0.901. The third-order valence-electron chi connectivity index (χ3n) is 3.37. The molecule has 2 atom stereocenters. The fourth-order valence-electron chi connectivity index (χ4n) is 2.41. The average Bonchev–Trinajstić information content (AvgIpc) is 2.78. The number of aliphatic carboxylic acids is 1. The van der Waals surface area contributed by atoms with Crippen LogP contribution in [0.1, 0.15) is 18.4 Å². The van der Waals surface area contributed by atoms with Gasteiger partial charge in [-0.3, -0.25) is 9.59 Å². The maximum Gasteiger partial charge on any atom is 0.312 e. The molecule has 0 radical (unpaired) electrons. The molecule has 5 nitrogen and oxygen atoms in total. The minimum Gasteiger partial charge on any atom is -0.481 e. The quantitative estimate of drug-likeness (QED) is 0.893. The third-order valence-corrected chi connectivity index (χ3v) is 3.37. The van der Waals surface area contributed by atoms with Crippen LogP contribution in [0.2, 0.25) is 0 Å². The van der Waals surface area contributed by atoms with Crippen LogP contribution in [0.5, 0.6) is 0 Å². The Labute approximate surface area is 111 Å². The van der Waals surface area contributed by atoms with Gasteiger partial charge in [0.2, 0.25) is 5.91 Å². The predicted molar refractivity (Wildman–Crippen MR) is 70.2 cm³/mol. The number of amides is 1. The molecule has 0 aliphatic carbocycles. The van der Waals surface area contributed by atoms with E-state index in [4.69, 9.17) is 4.74 Å². The SMILES string of the molecule is COCC(C)C(=O)N1CC(C(=O)O)c2ccccc21. The molecule has 1 heterocycles. The molecule has 0 fully saturated rings. The van der Waals surface area contributed by atoms with Gasteiger partial charge in [0.15, 0.2) is 0 Å². The number of methoxy groups -OCH3 is 1. The number of rotatable bonds is 4. The number of nitrogens with zero attached hydrogens (tertiary/aromatic N) is 1. The lowest BCUT2D eigenvalue weighted by molar-refractivity contribution is -0.138. The molecule has 1 amide bonds. The van der Waals surface area contributed by atoms with Crippen LogP contribution in [0, 0.1) is 5.92 Å². The Morgan fingerprint density at radius 1 is 1.47 bits per heavy atom. The Morgan fingerprint density at radius 2 is 2.16 bits per heavy atom. The van der Waals surface area contributed by atoms with E-state index in [2.05, 4.69) is 0 Å². The van der Waals surface area contributed by atoms with Crippen molar-refractivity contribution in [3.05, 3.63) is 29.8 Å². The smallest absolute Gasteiger partial charge is 0.312 e. The molecule has 2 rings (SSSR count). The predicted octanol–water partition coefficient (Wildman–Crippen LogP) is 1.48. The summed E-state index contributed by atoms with van der Waals surface area (Å²) < 4.78 is 4.98. The summed E-state index contributed by atoms with van der Waals surface area (Å²) in [5.41, 5.74) is 1.40. The zero-order valence-corrected chi connectivity index (χ0v) is 11.0. The van der Waals surface area contributed by atoms with Gasteiger partial charge in [-0.25, -0.2) is 0 Å². The number of hydrogen-bond donors (Lipinski definition) is 1. The molecule has 1 aromatic carbocycles. The summed E-state index contributed by atoms with van der Waals surface area (Å²) >= 11 is 0. The molecule has 1 aliphatic rings. The van der Waals surface area contributed by atoms with E-state index >= 15 is 0 Å². The first kappa shape index (κ1) is 13.5. The molecule has 102 valence electrons. The lowest BCUT2D eigenvalue weighted by Crippen LogP contribution is -2.36. The number of anilines is 1. The van der Waals surface area contributed by atoms with Crippen molar-refractivity contribution in [3.63, 3.8) is 0 Å². The summed E-state index contributed by atoms with van der Waals surface area (Å²) in [7, 11) is 1.54. The molecular weight excluding hydrogens is 246 g/mol. The first-order chi connectivity index (χ1) is 9.06. The Bertz CT molecular complexity index is 500. The van der Waals surface area contributed by atoms with Gasteiger partial charge in [-0.2, -0.15) is 0 Å². The summed E-state index contributed by atoms with van der Waals surface area (Å²) in [6.45, 7) is 2.30. The van der Waals surface area contributed by atoms with Crippen molar-refractivity contribution in [1.82, 2.24) is 0 Å². The first-order valence-corrected chi connectivity index (χ1v) is 6.18. The van der Waals surface area contributed by atoms with Crippen LogP contribution in [0.3, 0.4) is 0 Å². The van der Waals surface area contributed by atoms with Gasteiger partial charge in [-0.1, -0.05) is 25.1 Å². The molecule has 0 bridgehead atoms. The van der Waals surface area contributed by atoms with Gasteiger partial charge in [0.1, 0.15) is 5.92 Å². The van der Waals surface area contributed by atoms with E-state index in [1.54, 1.807) is 37.1 Å². The highest BCUT2D eigenvalue weighted by Crippen LogP contribution is 2.36. The first-order valence-electron chi connectivity index (χ1n) is 6.18. The number of carbonyl (C=O) groups excluding carboxylic acids is 1. The Kier molecular flexibility index (Phi) is 3.85. The molecule has 2 unspecified atom stereocenters. The average molecular weight is 263 g/mol. The van der Waals surface area contributed by atoms with Crippen LogP contribution in [0.4, 0.5) is 5.69 Å². The van der Waals surface area contributed by atoms with Gasteiger partial charge in [-0.15, -0.1) is 0 Å². The van der Waals surface area contributed by atoms with E-state index in [0.717, 1.165) is 0 Å². The van der Waals surface area contributed by atoms with E-state index in [1.165, 1.54) is 0 Å². The van der Waals surface area contributed by atoms with E-state index in [1.807, 2.05) is 6.07 Å². The van der Waals surface area contributed by atoms with Crippen molar-refractivity contribution in [1.29, 1.82) is 0 Å². The summed E-state index contributed by atoms with van der Waals surface area (Å²) in [5, 5.41) is 9.24. The fourth-order valence-corrected chi connectivity index (χ4v) is 2.41. The highest BCUT2D eigenvalue weighted by atomic mass is 16.5. The van der Waals surface area contributed by atoms with Crippen molar-refractivity contribution < 1.29 is 19.4 Å². The topological polar surface area (TPSA) is 66.8 Å². The second-order valence-electron chi connectivity index (χ2n) is 4.75. The van der Waals surface area contributed by atoms with Gasteiger partial charge < -0.3 is 14.7 Å². The number of para-hydroxylation sites is 1. The Hall–Kier alpha value is -1.88. The highest BCUT2D eigenvalue weighted by Gasteiger charge is 2.37. The van der Waals surface area contributed by atoms with Gasteiger partial charge >= 0.3 is 5.97 Å². The van der Waals surface area contributed by atoms with E-state index in [9.17, 15) is 14.7 Å². The number of hydrogen-bond acceptors (Lipinski definition) is 3. The number of carboxylic acid groups (broad SMARTS) is 1. The molecule has 0 saturated heterocycles. The van der Waals surface area contributed by atoms with Gasteiger partial charge in [0, 0.05) is 19.3 Å². The number of fused-ring (bicyclic) bond motifs is 1. The standard InChI is InChI=1S/C14H17NO4/c1-9(8-19-2)13(16)15-7-11(14(17)18)10-5-3-4-6-12(10)15/h3-6,9,11H,7-8H2,1-2H3,(H,17,18). The van der Waals surface area contributed by atoms with E-state index < -0.39 is 11.9 Å². The molecule has 1 N–H and O–H groups in total. The van der Waals surface area contributed by atoms with Gasteiger partial charge in [0.25, 0.3) is 0 Å². The summed E-state index contributed by atoms with van der Waals surface area (Å²) in [4.78, 5) is 25.1. The van der Waals surface area contributed by atoms with Crippen LogP contribution < -0.4 is 4.90 Å². The number of benzene rings is 1. The molecule has 19 heavy (non-hydrogen) atoms. The van der Waals surface area contributed by atoms with Crippen molar-refractivity contribution >= 4 is 17.6 Å². The number of carboxylic acids is 1. The molecule has 5 heteroatoms. The number of carbonyl (C=O) groups is 2. The van der Waals surface area contributed by atoms with Crippen LogP contribution in [-0.2, 0) is 14.3 Å². The molecule has 0 spiro atoms. The van der Waals surface area contributed by atoms with Crippen molar-refractivity contribution in [2.24, 2.45) is 5.92 Å². The summed E-state index contributed by atoms with van der Waals surface area (Å²) in [5.74, 6) is -1.93. The molecule has 0 aromatic heterocycles. The van der Waals surface area contributed by atoms with Crippen LogP contribution in [-0.4, -0.2) is 37.2 Å². The summed E-state index contributed by atoms with van der Waals surface area (Å²) in [6.07, 6.45) is 0. The largest absolute Gasteiger partial charge is 0.481 e. The maximum atomic E-state index is 12.3.